The molecule has 0 fully saturated rings. The Balaban J connectivity index is 0. The second-order valence-electron chi connectivity index (χ2n) is 15.9. The minimum absolute atomic E-state index is 0.103. The van der Waals surface area contributed by atoms with E-state index in [0.717, 1.165) is 25.7 Å². The minimum atomic E-state index is -0.955. The Morgan fingerprint density at radius 1 is 0.352 bits per heavy atom. The highest BCUT2D eigenvalue weighted by molar-refractivity contribution is 5.69. The Bertz CT molecular complexity index is 734. The van der Waals surface area contributed by atoms with Gasteiger partial charge in [0.15, 0.2) is 0 Å². The molecule has 8 nitrogen and oxygen atoms in total. The first-order valence-electron chi connectivity index (χ1n) is 23.3. The van der Waals surface area contributed by atoms with Crippen LogP contribution in [0.5, 0.6) is 0 Å². The van der Waals surface area contributed by atoms with Gasteiger partial charge in [-0.3, -0.25) is 9.59 Å². The first-order chi connectivity index (χ1) is 26.4. The van der Waals surface area contributed by atoms with Crippen LogP contribution in [0.2, 0.25) is 0 Å². The molecular formula is C46H92O8. The van der Waals surface area contributed by atoms with Gasteiger partial charge in [0.1, 0.15) is 25.4 Å². The van der Waals surface area contributed by atoms with Crippen molar-refractivity contribution in [3.63, 3.8) is 0 Å². The molecule has 0 saturated heterocycles. The first kappa shape index (κ1) is 54.9. The lowest BCUT2D eigenvalue weighted by atomic mass is 10.0. The molecule has 2 atom stereocenters. The average Bonchev–Trinajstić information content (AvgIpc) is 3.18. The molecule has 0 aliphatic heterocycles. The molecule has 0 aromatic rings. The van der Waals surface area contributed by atoms with E-state index in [1.165, 1.54) is 193 Å². The van der Waals surface area contributed by atoms with Gasteiger partial charge in [-0.2, -0.15) is 0 Å². The molecule has 8 heteroatoms. The molecule has 0 saturated carbocycles. The second kappa shape index (κ2) is 47.9. The van der Waals surface area contributed by atoms with E-state index < -0.39 is 12.2 Å². The molecule has 0 radical (unpaired) electrons. The lowest BCUT2D eigenvalue weighted by Crippen LogP contribution is -2.21. The number of carbonyl (C=O) groups excluding carboxylic acids is 2. The largest absolute Gasteiger partial charge is 0.463 e. The molecule has 0 aliphatic rings. The van der Waals surface area contributed by atoms with Gasteiger partial charge in [0.25, 0.3) is 0 Å². The van der Waals surface area contributed by atoms with E-state index >= 15 is 0 Å². The van der Waals surface area contributed by atoms with Gasteiger partial charge < -0.3 is 29.9 Å². The summed E-state index contributed by atoms with van der Waals surface area (Å²) in [4.78, 5) is 22.8. The number of esters is 2. The van der Waals surface area contributed by atoms with Gasteiger partial charge >= 0.3 is 11.9 Å². The lowest BCUT2D eigenvalue weighted by Gasteiger charge is -2.08. The van der Waals surface area contributed by atoms with Crippen LogP contribution in [-0.2, 0) is 19.1 Å². The number of rotatable bonds is 42. The van der Waals surface area contributed by atoms with Crippen molar-refractivity contribution >= 4 is 11.9 Å². The van der Waals surface area contributed by atoms with Gasteiger partial charge in [0.05, 0.1) is 13.2 Å². The Hall–Kier alpha value is -1.22. The predicted octanol–water partition coefficient (Wildman–Crippen LogP) is 11.8. The van der Waals surface area contributed by atoms with Gasteiger partial charge in [-0.05, 0) is 12.8 Å². The molecule has 0 aromatic carbocycles. The Morgan fingerprint density at radius 3 is 0.722 bits per heavy atom. The van der Waals surface area contributed by atoms with Crippen LogP contribution in [0.4, 0.5) is 0 Å². The van der Waals surface area contributed by atoms with Crippen molar-refractivity contribution in [3.8, 4) is 0 Å². The van der Waals surface area contributed by atoms with Crippen molar-refractivity contribution in [3.05, 3.63) is 0 Å². The van der Waals surface area contributed by atoms with E-state index in [2.05, 4.69) is 13.8 Å². The maximum absolute atomic E-state index is 11.4. The van der Waals surface area contributed by atoms with E-state index in [0.29, 0.717) is 12.8 Å². The summed E-state index contributed by atoms with van der Waals surface area (Å²) in [5, 5.41) is 35.5. The number of carbonyl (C=O) groups is 2. The molecule has 0 heterocycles. The summed E-state index contributed by atoms with van der Waals surface area (Å²) < 4.78 is 9.75. The number of aliphatic hydroxyl groups is 4. The van der Waals surface area contributed by atoms with Crippen LogP contribution in [0.3, 0.4) is 0 Å². The summed E-state index contributed by atoms with van der Waals surface area (Å²) in [5.74, 6) is -0.549. The number of hydrogen-bond acceptors (Lipinski definition) is 8. The molecule has 0 rings (SSSR count). The van der Waals surface area contributed by atoms with Crippen molar-refractivity contribution in [2.75, 3.05) is 26.4 Å². The Kier molecular flexibility index (Phi) is 48.7. The normalized spacial score (nSPS) is 12.3. The molecule has 324 valence electrons. The Labute approximate surface area is 334 Å². The van der Waals surface area contributed by atoms with Crippen molar-refractivity contribution in [2.45, 2.75) is 257 Å². The summed E-state index contributed by atoms with van der Waals surface area (Å²) in [6.07, 6.45) is 43.9. The van der Waals surface area contributed by atoms with Crippen LogP contribution in [0.25, 0.3) is 0 Å². The van der Waals surface area contributed by atoms with Crippen LogP contribution in [0.15, 0.2) is 0 Å². The number of ether oxygens (including phenoxy) is 2. The van der Waals surface area contributed by atoms with Crippen LogP contribution < -0.4 is 0 Å². The summed E-state index contributed by atoms with van der Waals surface area (Å²) in [7, 11) is 0. The SMILES string of the molecule is CCCCCCCCCCCCCCCCCC(=O)OCC(O)CO.CCCCCCCCCCCCCCCCCCCCCC(=O)OCC(O)CO. The van der Waals surface area contributed by atoms with E-state index in [4.69, 9.17) is 29.9 Å². The second-order valence-corrected chi connectivity index (χ2v) is 15.9. The molecule has 2 unspecified atom stereocenters. The highest BCUT2D eigenvalue weighted by Gasteiger charge is 2.08. The third kappa shape index (κ3) is 48.8. The molecule has 0 spiro atoms. The zero-order valence-electron chi connectivity index (χ0n) is 35.9. The van der Waals surface area contributed by atoms with Gasteiger partial charge in [0, 0.05) is 12.8 Å². The molecule has 0 aromatic heterocycles. The van der Waals surface area contributed by atoms with E-state index in [-0.39, 0.29) is 38.4 Å². The maximum atomic E-state index is 11.4. The smallest absolute Gasteiger partial charge is 0.305 e. The van der Waals surface area contributed by atoms with E-state index in [1.807, 2.05) is 0 Å². The van der Waals surface area contributed by atoms with E-state index in [9.17, 15) is 9.59 Å². The predicted molar refractivity (Wildman–Crippen MR) is 226 cm³/mol. The lowest BCUT2D eigenvalue weighted by molar-refractivity contribution is -0.148. The topological polar surface area (TPSA) is 134 Å². The molecule has 0 amide bonds. The van der Waals surface area contributed by atoms with Crippen molar-refractivity contribution in [1.82, 2.24) is 0 Å². The molecule has 0 bridgehead atoms. The quantitative estimate of drug-likeness (QED) is 0.0356. The highest BCUT2D eigenvalue weighted by Crippen LogP contribution is 2.16. The number of hydrogen-bond donors (Lipinski definition) is 4. The fourth-order valence-electron chi connectivity index (χ4n) is 6.62. The van der Waals surface area contributed by atoms with Crippen molar-refractivity contribution < 1.29 is 39.5 Å². The third-order valence-corrected chi connectivity index (χ3v) is 10.3. The van der Waals surface area contributed by atoms with Crippen LogP contribution in [0.1, 0.15) is 245 Å². The van der Waals surface area contributed by atoms with Gasteiger partial charge in [-0.25, -0.2) is 0 Å². The summed E-state index contributed by atoms with van der Waals surface area (Å²) >= 11 is 0. The van der Waals surface area contributed by atoms with E-state index in [1.54, 1.807) is 0 Å². The summed E-state index contributed by atoms with van der Waals surface area (Å²) in [6.45, 7) is 3.60. The van der Waals surface area contributed by atoms with Crippen LogP contribution in [0, 0.1) is 0 Å². The van der Waals surface area contributed by atoms with Crippen molar-refractivity contribution in [2.24, 2.45) is 0 Å². The van der Waals surface area contributed by atoms with Crippen LogP contribution >= 0.6 is 0 Å². The fourth-order valence-corrected chi connectivity index (χ4v) is 6.62. The molecule has 54 heavy (non-hydrogen) atoms. The third-order valence-electron chi connectivity index (χ3n) is 10.3. The number of unbranched alkanes of at least 4 members (excludes halogenated alkanes) is 32. The van der Waals surface area contributed by atoms with Gasteiger partial charge in [0.2, 0.25) is 0 Å². The molecule has 0 aliphatic carbocycles. The highest BCUT2D eigenvalue weighted by atomic mass is 16.5. The molecule has 4 N–H and O–H groups in total. The average molecular weight is 773 g/mol. The maximum Gasteiger partial charge on any atom is 0.305 e. The monoisotopic (exact) mass is 773 g/mol. The zero-order valence-corrected chi connectivity index (χ0v) is 35.9. The van der Waals surface area contributed by atoms with Crippen LogP contribution in [-0.4, -0.2) is 71.0 Å². The van der Waals surface area contributed by atoms with Gasteiger partial charge in [-0.15, -0.1) is 0 Å². The number of aliphatic hydroxyl groups excluding tert-OH is 4. The molecular weight excluding hydrogens is 680 g/mol. The summed E-state index contributed by atoms with van der Waals surface area (Å²) in [6, 6.07) is 0. The summed E-state index contributed by atoms with van der Waals surface area (Å²) in [5.41, 5.74) is 0. The Morgan fingerprint density at radius 2 is 0.537 bits per heavy atom. The van der Waals surface area contributed by atoms with Crippen molar-refractivity contribution in [1.29, 1.82) is 0 Å². The fraction of sp³-hybridized carbons (Fsp3) is 0.957. The standard InChI is InChI=1S/C25H50O4.C21H42O4/c1-2-3-4-5-6-7-8-9-10-11-12-13-14-15-16-17-18-19-20-21-25(28)29-23-24(27)22-26;1-2-3-4-5-6-7-8-9-10-11-12-13-14-15-16-17-21(24)25-19-20(23)18-22/h24,26-27H,2-23H2,1H3;20,22-23H,2-19H2,1H3. The zero-order chi connectivity index (χ0) is 40.0. The first-order valence-corrected chi connectivity index (χ1v) is 23.3. The minimum Gasteiger partial charge on any atom is -0.463 e. The van der Waals surface area contributed by atoms with Gasteiger partial charge in [-0.1, -0.05) is 219 Å².